The molecule has 1 heterocycles. The maximum Gasteiger partial charge on any atom is 0.338 e. The fourth-order valence-corrected chi connectivity index (χ4v) is 5.20. The Morgan fingerprint density at radius 1 is 1.12 bits per heavy atom. The van der Waals surface area contributed by atoms with E-state index in [1.165, 1.54) is 4.90 Å². The summed E-state index contributed by atoms with van der Waals surface area (Å²) in [6.45, 7) is 2.03. The summed E-state index contributed by atoms with van der Waals surface area (Å²) in [5, 5.41) is 0. The van der Waals surface area contributed by atoms with Crippen molar-refractivity contribution in [2.75, 3.05) is 11.5 Å². The number of anilines is 1. The molecule has 3 fully saturated rings. The van der Waals surface area contributed by atoms with Crippen molar-refractivity contribution < 1.29 is 19.1 Å². The van der Waals surface area contributed by atoms with E-state index in [1.54, 1.807) is 31.2 Å². The minimum absolute atomic E-state index is 0.110. The number of amides is 2. The molecule has 6 atom stereocenters. The van der Waals surface area contributed by atoms with Gasteiger partial charge in [-0.05, 0) is 55.2 Å². The summed E-state index contributed by atoms with van der Waals surface area (Å²) in [6.07, 6.45) is 5.46. The Bertz CT molecular complexity index is 793. The highest BCUT2D eigenvalue weighted by molar-refractivity contribution is 6.22. The molecule has 128 valence electrons. The van der Waals surface area contributed by atoms with Gasteiger partial charge < -0.3 is 4.74 Å². The molecule has 25 heavy (non-hydrogen) atoms. The van der Waals surface area contributed by atoms with Crippen molar-refractivity contribution in [3.8, 4) is 0 Å². The molecule has 2 bridgehead atoms. The van der Waals surface area contributed by atoms with Crippen LogP contribution in [0.4, 0.5) is 5.69 Å². The minimum atomic E-state index is -0.441. The van der Waals surface area contributed by atoms with Crippen molar-refractivity contribution in [3.05, 3.63) is 42.0 Å². The zero-order valence-electron chi connectivity index (χ0n) is 13.9. The summed E-state index contributed by atoms with van der Waals surface area (Å²) in [5.74, 6) is 0.460. The Hall–Kier alpha value is -2.43. The molecule has 0 aromatic heterocycles. The van der Waals surface area contributed by atoms with Crippen molar-refractivity contribution in [2.45, 2.75) is 13.3 Å². The molecule has 1 aromatic carbocycles. The Kier molecular flexibility index (Phi) is 3.00. The van der Waals surface area contributed by atoms with E-state index in [9.17, 15) is 14.4 Å². The third kappa shape index (κ3) is 1.92. The number of imide groups is 1. The van der Waals surface area contributed by atoms with Gasteiger partial charge in [0.05, 0.1) is 29.7 Å². The average Bonchev–Trinajstić information content (AvgIpc) is 3.39. The van der Waals surface area contributed by atoms with Crippen molar-refractivity contribution >= 4 is 23.5 Å². The van der Waals surface area contributed by atoms with Gasteiger partial charge in [-0.3, -0.25) is 9.59 Å². The number of ether oxygens (including phenoxy) is 1. The lowest BCUT2D eigenvalue weighted by atomic mass is 9.63. The largest absolute Gasteiger partial charge is 0.462 e. The molecule has 0 unspecified atom stereocenters. The molecule has 1 aliphatic heterocycles. The first-order valence-electron chi connectivity index (χ1n) is 8.95. The van der Waals surface area contributed by atoms with Crippen LogP contribution in [0, 0.1) is 35.5 Å². The predicted molar refractivity (Wildman–Crippen MR) is 89.6 cm³/mol. The van der Waals surface area contributed by atoms with Gasteiger partial charge in [0, 0.05) is 0 Å². The third-order valence-electron chi connectivity index (χ3n) is 6.28. The molecule has 4 aliphatic carbocycles. The zero-order valence-corrected chi connectivity index (χ0v) is 13.9. The monoisotopic (exact) mass is 337 g/mol. The number of rotatable bonds is 3. The molecule has 5 nitrogen and oxygen atoms in total. The second kappa shape index (κ2) is 5.04. The van der Waals surface area contributed by atoms with Gasteiger partial charge >= 0.3 is 5.97 Å². The number of carbonyl (C=O) groups excluding carboxylic acids is 3. The van der Waals surface area contributed by atoms with Crippen molar-refractivity contribution in [3.63, 3.8) is 0 Å². The summed E-state index contributed by atoms with van der Waals surface area (Å²) in [5.41, 5.74) is 0.835. The SMILES string of the molecule is CCOC(=O)c1cccc(N2C(=O)[C@@H]3[C@H]4C=C[C@@H]([C@@H]5C[C@@H]45)[C@@H]3C2=O)c1. The summed E-state index contributed by atoms with van der Waals surface area (Å²) >= 11 is 0. The smallest absolute Gasteiger partial charge is 0.338 e. The lowest BCUT2D eigenvalue weighted by molar-refractivity contribution is -0.124. The van der Waals surface area contributed by atoms with Crippen LogP contribution in [0.2, 0.25) is 0 Å². The van der Waals surface area contributed by atoms with Crippen LogP contribution >= 0.6 is 0 Å². The molecule has 2 saturated carbocycles. The molecular formula is C20H19NO4. The number of hydrogen-bond acceptors (Lipinski definition) is 4. The summed E-state index contributed by atoms with van der Waals surface area (Å²) in [4.78, 5) is 39.4. The molecule has 5 aliphatic rings. The van der Waals surface area contributed by atoms with Crippen molar-refractivity contribution in [2.24, 2.45) is 35.5 Å². The van der Waals surface area contributed by atoms with Crippen LogP contribution in [0.15, 0.2) is 36.4 Å². The zero-order chi connectivity index (χ0) is 17.3. The summed E-state index contributed by atoms with van der Waals surface area (Å²) in [7, 11) is 0. The fourth-order valence-electron chi connectivity index (χ4n) is 5.20. The van der Waals surface area contributed by atoms with E-state index >= 15 is 0 Å². The number of hydrogen-bond donors (Lipinski definition) is 0. The Morgan fingerprint density at radius 2 is 1.76 bits per heavy atom. The van der Waals surface area contributed by atoms with Crippen LogP contribution in [-0.2, 0) is 14.3 Å². The Labute approximate surface area is 145 Å². The number of allylic oxidation sites excluding steroid dienone is 2. The van der Waals surface area contributed by atoms with Gasteiger partial charge in [-0.2, -0.15) is 0 Å². The topological polar surface area (TPSA) is 63.7 Å². The fraction of sp³-hybridized carbons (Fsp3) is 0.450. The molecule has 1 aromatic rings. The standard InChI is InChI=1S/C20H19NO4/c1-2-25-20(24)10-4-3-5-11(8-10)21-18(22)16-12-6-7-13(15-9-14(12)15)17(16)19(21)23/h3-8,12-17H,2,9H2,1H3/t12-,13-,14-,15-,16-,17+/m0/s1. The highest BCUT2D eigenvalue weighted by Gasteiger charge is 2.67. The first-order chi connectivity index (χ1) is 12.1. The number of carbonyl (C=O) groups is 3. The normalized spacial score (nSPS) is 37.1. The first kappa shape index (κ1) is 14.9. The molecule has 0 radical (unpaired) electrons. The van der Waals surface area contributed by atoms with Gasteiger partial charge in [0.1, 0.15) is 0 Å². The van der Waals surface area contributed by atoms with Gasteiger partial charge in [-0.1, -0.05) is 18.2 Å². The quantitative estimate of drug-likeness (QED) is 0.483. The van der Waals surface area contributed by atoms with E-state index in [1.807, 2.05) is 0 Å². The third-order valence-corrected chi connectivity index (χ3v) is 6.28. The van der Waals surface area contributed by atoms with Crippen LogP contribution in [0.1, 0.15) is 23.7 Å². The second-order valence-electron chi connectivity index (χ2n) is 7.44. The molecule has 0 spiro atoms. The van der Waals surface area contributed by atoms with Crippen LogP contribution in [0.5, 0.6) is 0 Å². The Morgan fingerprint density at radius 3 is 2.36 bits per heavy atom. The maximum absolute atomic E-state index is 13.1. The molecule has 2 amide bonds. The van der Waals surface area contributed by atoms with Crippen molar-refractivity contribution in [1.82, 2.24) is 0 Å². The Balaban J connectivity index is 1.50. The summed E-state index contributed by atoms with van der Waals surface area (Å²) < 4.78 is 5.02. The number of benzene rings is 1. The second-order valence-corrected chi connectivity index (χ2v) is 7.44. The van der Waals surface area contributed by atoms with Crippen LogP contribution in [-0.4, -0.2) is 24.4 Å². The average molecular weight is 337 g/mol. The molecule has 5 heteroatoms. The van der Waals surface area contributed by atoms with E-state index in [4.69, 9.17) is 4.74 Å². The highest BCUT2D eigenvalue weighted by atomic mass is 16.5. The van der Waals surface area contributed by atoms with Gasteiger partial charge in [0.25, 0.3) is 0 Å². The molecule has 1 saturated heterocycles. The number of nitrogens with zero attached hydrogens (tertiary/aromatic N) is 1. The minimum Gasteiger partial charge on any atom is -0.462 e. The highest BCUT2D eigenvalue weighted by Crippen LogP contribution is 2.65. The van der Waals surface area contributed by atoms with Crippen LogP contribution in [0.25, 0.3) is 0 Å². The lowest BCUT2D eigenvalue weighted by Gasteiger charge is -2.37. The number of esters is 1. The predicted octanol–water partition coefficient (Wildman–Crippen LogP) is 2.42. The van der Waals surface area contributed by atoms with E-state index < -0.39 is 5.97 Å². The van der Waals surface area contributed by atoms with Gasteiger partial charge in [0.2, 0.25) is 11.8 Å². The molecule has 0 N–H and O–H groups in total. The van der Waals surface area contributed by atoms with E-state index in [0.717, 1.165) is 6.42 Å². The van der Waals surface area contributed by atoms with Gasteiger partial charge in [0.15, 0.2) is 0 Å². The molecular weight excluding hydrogens is 318 g/mol. The van der Waals surface area contributed by atoms with Crippen LogP contribution in [0.3, 0.4) is 0 Å². The van der Waals surface area contributed by atoms with E-state index in [0.29, 0.717) is 23.1 Å². The van der Waals surface area contributed by atoms with Crippen LogP contribution < -0.4 is 4.90 Å². The lowest BCUT2D eigenvalue weighted by Crippen LogP contribution is -2.40. The van der Waals surface area contributed by atoms with Gasteiger partial charge in [-0.15, -0.1) is 0 Å². The first-order valence-corrected chi connectivity index (χ1v) is 8.95. The van der Waals surface area contributed by atoms with Crippen molar-refractivity contribution in [1.29, 1.82) is 0 Å². The maximum atomic E-state index is 13.1. The molecule has 6 rings (SSSR count). The van der Waals surface area contributed by atoms with E-state index in [2.05, 4.69) is 12.2 Å². The van der Waals surface area contributed by atoms with Gasteiger partial charge in [-0.25, -0.2) is 9.69 Å². The summed E-state index contributed by atoms with van der Waals surface area (Å²) in [6, 6.07) is 6.63. The van der Waals surface area contributed by atoms with E-state index in [-0.39, 0.29) is 42.1 Å².